The van der Waals surface area contributed by atoms with Gasteiger partial charge in [-0.15, -0.1) is 0 Å². The van der Waals surface area contributed by atoms with Crippen LogP contribution in [0.5, 0.6) is 0 Å². The second-order valence-corrected chi connectivity index (χ2v) is 9.09. The molecule has 4 nitrogen and oxygen atoms in total. The molecule has 0 aromatic heterocycles. The lowest BCUT2D eigenvalue weighted by Crippen LogP contribution is -2.40. The molecule has 0 radical (unpaired) electrons. The molecule has 1 amide bonds. The first-order valence-electron chi connectivity index (χ1n) is 8.12. The fourth-order valence-corrected chi connectivity index (χ4v) is 4.44. The van der Waals surface area contributed by atoms with Crippen LogP contribution in [0.2, 0.25) is 5.02 Å². The SMILES string of the molecule is CC(C(=O)NCC1CCCCC1)S(=O)(=O)Cc1cccc(Cl)c1. The van der Waals surface area contributed by atoms with Crippen molar-refractivity contribution in [1.29, 1.82) is 0 Å². The lowest BCUT2D eigenvalue weighted by Gasteiger charge is -2.22. The predicted octanol–water partition coefficient (Wildman–Crippen LogP) is 3.34. The predicted molar refractivity (Wildman–Crippen MR) is 93.1 cm³/mol. The summed E-state index contributed by atoms with van der Waals surface area (Å²) in [4.78, 5) is 12.2. The van der Waals surface area contributed by atoms with E-state index in [1.165, 1.54) is 26.2 Å². The Morgan fingerprint density at radius 1 is 1.30 bits per heavy atom. The maximum atomic E-state index is 12.4. The van der Waals surface area contributed by atoms with Crippen LogP contribution < -0.4 is 5.32 Å². The van der Waals surface area contributed by atoms with Crippen molar-refractivity contribution in [1.82, 2.24) is 5.32 Å². The van der Waals surface area contributed by atoms with E-state index in [-0.39, 0.29) is 5.75 Å². The van der Waals surface area contributed by atoms with Gasteiger partial charge in [0.1, 0.15) is 5.25 Å². The van der Waals surface area contributed by atoms with Crippen LogP contribution in [0, 0.1) is 5.92 Å². The molecule has 1 atom stereocenters. The van der Waals surface area contributed by atoms with Gasteiger partial charge < -0.3 is 5.32 Å². The van der Waals surface area contributed by atoms with Crippen molar-refractivity contribution < 1.29 is 13.2 Å². The van der Waals surface area contributed by atoms with Gasteiger partial charge in [-0.3, -0.25) is 4.79 Å². The largest absolute Gasteiger partial charge is 0.355 e. The third kappa shape index (κ3) is 5.50. The second-order valence-electron chi connectivity index (χ2n) is 6.33. The van der Waals surface area contributed by atoms with Crippen LogP contribution in [-0.2, 0) is 20.4 Å². The van der Waals surface area contributed by atoms with Crippen molar-refractivity contribution in [3.8, 4) is 0 Å². The van der Waals surface area contributed by atoms with E-state index in [4.69, 9.17) is 11.6 Å². The zero-order valence-electron chi connectivity index (χ0n) is 13.4. The van der Waals surface area contributed by atoms with Crippen molar-refractivity contribution in [2.24, 2.45) is 5.92 Å². The van der Waals surface area contributed by atoms with E-state index in [1.54, 1.807) is 24.3 Å². The van der Waals surface area contributed by atoms with Crippen LogP contribution >= 0.6 is 11.6 Å². The number of benzene rings is 1. The van der Waals surface area contributed by atoms with Crippen molar-refractivity contribution >= 4 is 27.3 Å². The molecule has 23 heavy (non-hydrogen) atoms. The monoisotopic (exact) mass is 357 g/mol. The molecule has 1 aliphatic carbocycles. The van der Waals surface area contributed by atoms with Crippen LogP contribution in [0.25, 0.3) is 0 Å². The van der Waals surface area contributed by atoms with Crippen LogP contribution in [0.1, 0.15) is 44.6 Å². The molecule has 2 rings (SSSR count). The normalized spacial score (nSPS) is 17.7. The van der Waals surface area contributed by atoms with Gasteiger partial charge in [0, 0.05) is 11.6 Å². The minimum absolute atomic E-state index is 0.175. The Balaban J connectivity index is 1.91. The first-order chi connectivity index (χ1) is 10.9. The molecule has 1 N–H and O–H groups in total. The first kappa shape index (κ1) is 18.3. The van der Waals surface area contributed by atoms with E-state index in [9.17, 15) is 13.2 Å². The molecule has 6 heteroatoms. The third-order valence-corrected chi connectivity index (χ3v) is 6.72. The fraction of sp³-hybridized carbons (Fsp3) is 0.588. The second kappa shape index (κ2) is 8.15. The molecule has 0 spiro atoms. The van der Waals surface area contributed by atoms with Crippen LogP contribution in [0.15, 0.2) is 24.3 Å². The van der Waals surface area contributed by atoms with Crippen LogP contribution in [-0.4, -0.2) is 26.1 Å². The lowest BCUT2D eigenvalue weighted by molar-refractivity contribution is -0.120. The zero-order valence-corrected chi connectivity index (χ0v) is 15.0. The third-order valence-electron chi connectivity index (χ3n) is 4.45. The maximum Gasteiger partial charge on any atom is 0.238 e. The highest BCUT2D eigenvalue weighted by Crippen LogP contribution is 2.23. The molecule has 0 heterocycles. The van der Waals surface area contributed by atoms with Crippen LogP contribution in [0.3, 0.4) is 0 Å². The molecular formula is C17H24ClNO3S. The maximum absolute atomic E-state index is 12.4. The highest BCUT2D eigenvalue weighted by molar-refractivity contribution is 7.92. The number of rotatable bonds is 6. The number of halogens is 1. The minimum Gasteiger partial charge on any atom is -0.355 e. The van der Waals surface area contributed by atoms with E-state index < -0.39 is 21.0 Å². The average Bonchev–Trinajstić information content (AvgIpc) is 2.52. The summed E-state index contributed by atoms with van der Waals surface area (Å²) in [5.41, 5.74) is 0.601. The van der Waals surface area contributed by atoms with Gasteiger partial charge in [-0.1, -0.05) is 43.0 Å². The molecule has 0 bridgehead atoms. The van der Waals surface area contributed by atoms with Crippen molar-refractivity contribution in [2.45, 2.75) is 50.0 Å². The molecule has 0 saturated heterocycles. The molecule has 1 aromatic carbocycles. The molecule has 128 valence electrons. The molecule has 1 unspecified atom stereocenters. The van der Waals surface area contributed by atoms with Gasteiger partial charge in [-0.05, 0) is 43.4 Å². The van der Waals surface area contributed by atoms with Gasteiger partial charge in [0.2, 0.25) is 5.91 Å². The number of carbonyl (C=O) groups excluding carboxylic acids is 1. The quantitative estimate of drug-likeness (QED) is 0.849. The van der Waals surface area contributed by atoms with Gasteiger partial charge in [-0.25, -0.2) is 8.42 Å². The van der Waals surface area contributed by atoms with Gasteiger partial charge in [0.25, 0.3) is 0 Å². The Morgan fingerprint density at radius 2 is 2.00 bits per heavy atom. The summed E-state index contributed by atoms with van der Waals surface area (Å²) >= 11 is 5.88. The topological polar surface area (TPSA) is 63.2 Å². The molecule has 0 aliphatic heterocycles. The van der Waals surface area contributed by atoms with Crippen molar-refractivity contribution in [3.05, 3.63) is 34.9 Å². The molecule has 1 saturated carbocycles. The zero-order chi connectivity index (χ0) is 16.9. The number of carbonyl (C=O) groups is 1. The number of nitrogens with one attached hydrogen (secondary N) is 1. The van der Waals surface area contributed by atoms with Crippen LogP contribution in [0.4, 0.5) is 0 Å². The lowest BCUT2D eigenvalue weighted by atomic mass is 9.89. The number of amides is 1. The summed E-state index contributed by atoms with van der Waals surface area (Å²) in [6, 6.07) is 6.72. The van der Waals surface area contributed by atoms with E-state index in [1.807, 2.05) is 0 Å². The van der Waals surface area contributed by atoms with Crippen molar-refractivity contribution in [2.75, 3.05) is 6.54 Å². The fourth-order valence-electron chi connectivity index (χ4n) is 2.93. The highest BCUT2D eigenvalue weighted by atomic mass is 35.5. The Hall–Kier alpha value is -1.07. The Labute approximate surface area is 143 Å². The molecular weight excluding hydrogens is 334 g/mol. The summed E-state index contributed by atoms with van der Waals surface area (Å²) in [7, 11) is -3.55. The minimum atomic E-state index is -3.55. The Morgan fingerprint density at radius 3 is 2.65 bits per heavy atom. The first-order valence-corrected chi connectivity index (χ1v) is 10.2. The van der Waals surface area contributed by atoms with Crippen molar-refractivity contribution in [3.63, 3.8) is 0 Å². The summed E-state index contributed by atoms with van der Waals surface area (Å²) in [5, 5.41) is 2.25. The molecule has 1 aliphatic rings. The standard InChI is InChI=1S/C17H24ClNO3S/c1-13(17(20)19-11-14-6-3-2-4-7-14)23(21,22)12-15-8-5-9-16(18)10-15/h5,8-10,13-14H,2-4,6-7,11-12H2,1H3,(H,19,20). The smallest absolute Gasteiger partial charge is 0.238 e. The molecule has 1 fully saturated rings. The summed E-state index contributed by atoms with van der Waals surface area (Å²) in [5.74, 6) is -0.0980. The van der Waals surface area contributed by atoms with E-state index in [0.29, 0.717) is 23.0 Å². The average molecular weight is 358 g/mol. The van der Waals surface area contributed by atoms with Gasteiger partial charge in [0.05, 0.1) is 5.75 Å². The number of hydrogen-bond donors (Lipinski definition) is 1. The Bertz CT molecular complexity index is 639. The van der Waals surface area contributed by atoms with E-state index in [0.717, 1.165) is 12.8 Å². The van der Waals surface area contributed by atoms with Gasteiger partial charge in [-0.2, -0.15) is 0 Å². The summed E-state index contributed by atoms with van der Waals surface area (Å²) in [6.45, 7) is 2.03. The number of sulfone groups is 1. The highest BCUT2D eigenvalue weighted by Gasteiger charge is 2.28. The summed E-state index contributed by atoms with van der Waals surface area (Å²) < 4.78 is 24.8. The van der Waals surface area contributed by atoms with E-state index >= 15 is 0 Å². The van der Waals surface area contributed by atoms with E-state index in [2.05, 4.69) is 5.32 Å². The molecule has 1 aromatic rings. The van der Waals surface area contributed by atoms with Gasteiger partial charge in [0.15, 0.2) is 9.84 Å². The Kier molecular flexibility index (Phi) is 6.48. The number of hydrogen-bond acceptors (Lipinski definition) is 3. The van der Waals surface area contributed by atoms with Gasteiger partial charge >= 0.3 is 0 Å². The summed E-state index contributed by atoms with van der Waals surface area (Å²) in [6.07, 6.45) is 5.88.